The van der Waals surface area contributed by atoms with E-state index in [0.717, 1.165) is 0 Å². The smallest absolute Gasteiger partial charge is 1.00 e. The molecule has 0 aliphatic rings. The fourth-order valence-electron chi connectivity index (χ4n) is 7.03. The monoisotopic (exact) mass is 926 g/mol. The molecule has 9 aromatic rings. The van der Waals surface area contributed by atoms with Crippen LogP contribution in [0.15, 0.2) is 176 Å². The van der Waals surface area contributed by atoms with Crippen LogP contribution in [0.25, 0.3) is 65.3 Å². The van der Waals surface area contributed by atoms with E-state index in [1.807, 2.05) is 0 Å². The third-order valence-electron chi connectivity index (χ3n) is 9.32. The summed E-state index contributed by atoms with van der Waals surface area (Å²) in [5.41, 5.74) is 8.11. The van der Waals surface area contributed by atoms with Crippen molar-refractivity contribution in [2.75, 3.05) is 0 Å². The number of hydrogen-bond acceptors (Lipinski definition) is 0. The van der Waals surface area contributed by atoms with Crippen LogP contribution in [0.4, 0.5) is 0 Å². The van der Waals surface area contributed by atoms with Crippen LogP contribution >= 0.6 is 0 Å². The number of fused-ring (bicyclic) bond motifs is 4. The van der Waals surface area contributed by atoms with Crippen molar-refractivity contribution in [1.29, 1.82) is 0 Å². The van der Waals surface area contributed by atoms with Gasteiger partial charge in [-0.25, -0.2) is 0 Å². The molecular formula is C47H38Cl2GeHf-2. The Morgan fingerprint density at radius 1 is 0.412 bits per heavy atom. The van der Waals surface area contributed by atoms with Crippen LogP contribution in [0.5, 0.6) is 0 Å². The molecule has 51 heavy (non-hydrogen) atoms. The third-order valence-corrected chi connectivity index (χ3v) is 17.2. The topological polar surface area (TPSA) is 0 Å². The van der Waals surface area contributed by atoms with Crippen molar-refractivity contribution in [1.82, 2.24) is 0 Å². The van der Waals surface area contributed by atoms with E-state index in [2.05, 4.69) is 196 Å². The molecule has 0 N–H and O–H groups in total. The minimum absolute atomic E-state index is 0. The van der Waals surface area contributed by atoms with Crippen LogP contribution in [0.2, 0.25) is 5.76 Å². The summed E-state index contributed by atoms with van der Waals surface area (Å²) in [7, 11) is -0.627. The van der Waals surface area contributed by atoms with Crippen LogP contribution in [0.3, 0.4) is 0 Å². The minimum Gasteiger partial charge on any atom is -1.00 e. The van der Waals surface area contributed by atoms with Gasteiger partial charge in [0.1, 0.15) is 0 Å². The zero-order chi connectivity index (χ0) is 33.7. The molecule has 0 aliphatic carbocycles. The van der Waals surface area contributed by atoms with Gasteiger partial charge in [0.2, 0.25) is 0 Å². The number of aryl methyl sites for hydroxylation is 2. The van der Waals surface area contributed by atoms with Gasteiger partial charge in [0.05, 0.1) is 0 Å². The number of rotatable bonds is 3. The van der Waals surface area contributed by atoms with E-state index < -0.39 is 10.1 Å². The maximum Gasteiger partial charge on any atom is -1.00 e. The largest absolute Gasteiger partial charge is 1.00 e. The Hall–Kier alpha value is -3.73. The van der Waals surface area contributed by atoms with Crippen molar-refractivity contribution in [2.45, 2.75) is 19.6 Å². The molecule has 0 heterocycles. The van der Waals surface area contributed by atoms with E-state index in [0.29, 0.717) is 0 Å². The van der Waals surface area contributed by atoms with Crippen molar-refractivity contribution in [3.05, 3.63) is 187 Å². The molecule has 0 saturated heterocycles. The van der Waals surface area contributed by atoms with Crippen LogP contribution in [-0.2, 0) is 21.3 Å². The Labute approximate surface area is 329 Å². The Balaban J connectivity index is 0.000000156. The molecule has 9 rings (SSSR count). The second-order valence-electron chi connectivity index (χ2n) is 12.6. The molecule has 0 nitrogen and oxygen atoms in total. The first kappa shape index (κ1) is 38.5. The summed E-state index contributed by atoms with van der Waals surface area (Å²) >= 11 is 1.42. The molecule has 0 saturated carbocycles. The summed E-state index contributed by atoms with van der Waals surface area (Å²) in [6.07, 6.45) is 0. The van der Waals surface area contributed by atoms with Crippen molar-refractivity contribution in [3.63, 3.8) is 0 Å². The van der Waals surface area contributed by atoms with Gasteiger partial charge in [-0.1, -0.05) is 122 Å². The van der Waals surface area contributed by atoms with Gasteiger partial charge in [-0.3, -0.25) is 0 Å². The van der Waals surface area contributed by atoms with Gasteiger partial charge < -0.3 is 24.8 Å². The Morgan fingerprint density at radius 2 is 0.765 bits per heavy atom. The molecule has 0 radical (unpaired) electrons. The molecule has 9 aromatic carbocycles. The predicted molar refractivity (Wildman–Crippen MR) is 212 cm³/mol. The standard InChI is InChI=1S/2C20H15.C7H8Ge.2ClH.Hf/c2*1-14-13-16-8-3-5-11-18(16)20(14)19-12-6-9-15-7-2-4-10-17(15)19;1-8-7-5-3-2-4-6-7;;;/h2*2-13H,1H3;2-6H,1H3;2*1H;/q2*-1;;;;+2/p-2. The third kappa shape index (κ3) is 8.34. The first-order chi connectivity index (χ1) is 24.0. The van der Waals surface area contributed by atoms with Crippen molar-refractivity contribution in [2.24, 2.45) is 0 Å². The summed E-state index contributed by atoms with van der Waals surface area (Å²) in [5.74, 6) is 2.43. The summed E-state index contributed by atoms with van der Waals surface area (Å²) in [6, 6.07) is 63.1. The quantitative estimate of drug-likeness (QED) is 0.142. The molecule has 0 fully saturated rings. The molecule has 0 bridgehead atoms. The SMILES string of the molecule is Cc1[cH-]c2ccccc2c1-c1cccc2ccccc12.Cc1[cH-]c2ccccc2c1-c1cccc2ccccc12.[CH3][Ge](=[Hf+2])[c]1ccccc1.[Cl-].[Cl-]. The van der Waals surface area contributed by atoms with Crippen molar-refractivity contribution in [3.8, 4) is 22.3 Å². The van der Waals surface area contributed by atoms with Crippen LogP contribution in [-0.4, -0.2) is 10.1 Å². The second-order valence-corrected chi connectivity index (χ2v) is 30.5. The van der Waals surface area contributed by atoms with Crippen LogP contribution in [0, 0.1) is 13.8 Å². The van der Waals surface area contributed by atoms with Gasteiger partial charge in [0.25, 0.3) is 0 Å². The number of hydrogen-bond donors (Lipinski definition) is 0. The summed E-state index contributed by atoms with van der Waals surface area (Å²) in [4.78, 5) is 0. The maximum absolute atomic E-state index is 2.43. The van der Waals surface area contributed by atoms with Gasteiger partial charge in [0.15, 0.2) is 0 Å². The maximum atomic E-state index is 2.43. The van der Waals surface area contributed by atoms with Crippen molar-refractivity contribution >= 4 is 57.5 Å². The van der Waals surface area contributed by atoms with E-state index in [-0.39, 0.29) is 24.8 Å². The first-order valence-electron chi connectivity index (χ1n) is 16.9. The molecule has 0 spiro atoms. The second kappa shape index (κ2) is 17.7. The number of halogens is 2. The summed E-state index contributed by atoms with van der Waals surface area (Å²) in [5, 5.41) is 10.6. The molecule has 0 aromatic heterocycles. The molecule has 250 valence electrons. The fraction of sp³-hybridized carbons (Fsp3) is 0.0638. The molecule has 0 amide bonds. The van der Waals surface area contributed by atoms with E-state index in [1.54, 1.807) is 4.40 Å². The Morgan fingerprint density at radius 3 is 1.18 bits per heavy atom. The zero-order valence-electron chi connectivity index (χ0n) is 29.0. The predicted octanol–water partition coefficient (Wildman–Crippen LogP) is 6.44. The minimum atomic E-state index is -0.627. The van der Waals surface area contributed by atoms with E-state index in [4.69, 9.17) is 0 Å². The van der Waals surface area contributed by atoms with E-state index in [9.17, 15) is 0 Å². The van der Waals surface area contributed by atoms with Gasteiger partial charge in [-0.05, 0) is 21.5 Å². The van der Waals surface area contributed by atoms with Gasteiger partial charge in [-0.2, -0.15) is 0 Å². The van der Waals surface area contributed by atoms with Crippen LogP contribution in [0.1, 0.15) is 11.1 Å². The normalized spacial score (nSPS) is 10.5. The van der Waals surface area contributed by atoms with E-state index in [1.165, 1.54) is 97.7 Å². The number of benzene rings is 7. The molecule has 0 aliphatic heterocycles. The Bertz CT molecular complexity index is 2390. The zero-order valence-corrected chi connectivity index (χ0v) is 36.2. The average Bonchev–Trinajstić information content (AvgIpc) is 3.66. The van der Waals surface area contributed by atoms with Gasteiger partial charge in [0, 0.05) is 0 Å². The summed E-state index contributed by atoms with van der Waals surface area (Å²) in [6.45, 7) is 4.41. The Kier molecular flexibility index (Phi) is 13.3. The first-order valence-corrected chi connectivity index (χ1v) is 30.4. The fourth-order valence-corrected chi connectivity index (χ4v) is 11.6. The molecule has 4 heteroatoms. The van der Waals surface area contributed by atoms with Crippen molar-refractivity contribution < 1.29 is 46.1 Å². The van der Waals surface area contributed by atoms with Crippen LogP contribution < -0.4 is 29.2 Å². The average molecular weight is 925 g/mol. The van der Waals surface area contributed by atoms with Gasteiger partial charge >= 0.3 is 71.8 Å². The summed E-state index contributed by atoms with van der Waals surface area (Å²) < 4.78 is 1.64. The van der Waals surface area contributed by atoms with E-state index >= 15 is 0 Å². The molecule has 0 unspecified atom stereocenters. The molecule has 0 atom stereocenters. The van der Waals surface area contributed by atoms with Gasteiger partial charge in [-0.15, -0.1) is 92.3 Å². The molecular weight excluding hydrogens is 887 g/mol.